The zero-order valence-corrected chi connectivity index (χ0v) is 11.7. The second kappa shape index (κ2) is 4.61. The van der Waals surface area contributed by atoms with E-state index >= 15 is 0 Å². The van der Waals surface area contributed by atoms with Crippen molar-refractivity contribution < 1.29 is 8.42 Å². The van der Waals surface area contributed by atoms with E-state index in [2.05, 4.69) is 16.0 Å². The van der Waals surface area contributed by atoms with E-state index < -0.39 is 10.0 Å². The number of hydrogen-bond donors (Lipinski definition) is 1. The highest BCUT2D eigenvalue weighted by Gasteiger charge is 2.26. The van der Waals surface area contributed by atoms with Crippen LogP contribution in [-0.4, -0.2) is 42.0 Å². The maximum absolute atomic E-state index is 11.5. The molecule has 1 saturated heterocycles. The van der Waals surface area contributed by atoms with Gasteiger partial charge in [0.2, 0.25) is 10.0 Å². The van der Waals surface area contributed by atoms with Crippen LogP contribution in [0.4, 0.5) is 0 Å². The summed E-state index contributed by atoms with van der Waals surface area (Å²) in [5.74, 6) is 0.396. The molecule has 3 heterocycles. The molecule has 2 aromatic rings. The van der Waals surface area contributed by atoms with Crippen LogP contribution in [0.5, 0.6) is 0 Å². The van der Waals surface area contributed by atoms with Crippen molar-refractivity contribution in [3.8, 4) is 0 Å². The summed E-state index contributed by atoms with van der Waals surface area (Å²) in [6.07, 6.45) is 4.77. The first-order chi connectivity index (χ1) is 9.04. The largest absolute Gasteiger partial charge is 0.343 e. The third kappa shape index (κ3) is 2.50. The normalized spacial score (nSPS) is 19.0. The van der Waals surface area contributed by atoms with Crippen LogP contribution in [0.15, 0.2) is 24.4 Å². The Morgan fingerprint density at radius 1 is 1.37 bits per heavy atom. The molecule has 1 N–H and O–H groups in total. The van der Waals surface area contributed by atoms with E-state index in [1.54, 1.807) is 10.5 Å². The standard InChI is InChI=1S/C13H17N3O2S/c1-19(17,18)16-7-4-10(5-8-16)12-9-11-3-2-6-14-13(11)15-12/h2-3,6,9-10H,4-5,7-8H2,1H3,(H,14,15). The van der Waals surface area contributed by atoms with E-state index in [-0.39, 0.29) is 0 Å². The molecule has 0 radical (unpaired) electrons. The molecule has 0 atom stereocenters. The minimum Gasteiger partial charge on any atom is -0.343 e. The van der Waals surface area contributed by atoms with Gasteiger partial charge in [-0.05, 0) is 31.0 Å². The predicted molar refractivity (Wildman–Crippen MR) is 74.5 cm³/mol. The van der Waals surface area contributed by atoms with Gasteiger partial charge in [-0.3, -0.25) is 0 Å². The summed E-state index contributed by atoms with van der Waals surface area (Å²) < 4.78 is 24.5. The summed E-state index contributed by atoms with van der Waals surface area (Å²) in [5.41, 5.74) is 2.07. The topological polar surface area (TPSA) is 66.1 Å². The summed E-state index contributed by atoms with van der Waals surface area (Å²) in [6.45, 7) is 1.21. The molecule has 102 valence electrons. The molecule has 1 aliphatic heterocycles. The van der Waals surface area contributed by atoms with E-state index in [0.717, 1.165) is 23.9 Å². The highest BCUT2D eigenvalue weighted by Crippen LogP contribution is 2.29. The van der Waals surface area contributed by atoms with E-state index in [9.17, 15) is 8.42 Å². The molecule has 0 unspecified atom stereocenters. The van der Waals surface area contributed by atoms with Crippen molar-refractivity contribution in [1.82, 2.24) is 14.3 Å². The lowest BCUT2D eigenvalue weighted by atomic mass is 9.95. The summed E-state index contributed by atoms with van der Waals surface area (Å²) in [7, 11) is -3.05. The first-order valence-electron chi connectivity index (χ1n) is 6.43. The number of aromatic nitrogens is 2. The highest BCUT2D eigenvalue weighted by atomic mass is 32.2. The molecule has 0 aromatic carbocycles. The fourth-order valence-electron chi connectivity index (χ4n) is 2.70. The van der Waals surface area contributed by atoms with Crippen LogP contribution in [0, 0.1) is 0 Å². The van der Waals surface area contributed by atoms with Gasteiger partial charge in [0.1, 0.15) is 5.65 Å². The van der Waals surface area contributed by atoms with E-state index in [1.165, 1.54) is 11.9 Å². The minimum atomic E-state index is -3.05. The Hall–Kier alpha value is -1.40. The molecule has 0 amide bonds. The Morgan fingerprint density at radius 2 is 2.11 bits per heavy atom. The molecular formula is C13H17N3O2S. The number of H-pyrrole nitrogens is 1. The first kappa shape index (κ1) is 12.6. The van der Waals surface area contributed by atoms with Crippen molar-refractivity contribution in [3.63, 3.8) is 0 Å². The van der Waals surface area contributed by atoms with Crippen LogP contribution in [-0.2, 0) is 10.0 Å². The highest BCUT2D eigenvalue weighted by molar-refractivity contribution is 7.88. The Kier molecular flexibility index (Phi) is 3.06. The van der Waals surface area contributed by atoms with Crippen LogP contribution in [0.2, 0.25) is 0 Å². The van der Waals surface area contributed by atoms with Gasteiger partial charge in [-0.15, -0.1) is 0 Å². The zero-order valence-electron chi connectivity index (χ0n) is 10.8. The van der Waals surface area contributed by atoms with E-state index in [4.69, 9.17) is 0 Å². The third-order valence-corrected chi connectivity index (χ3v) is 5.08. The SMILES string of the molecule is CS(=O)(=O)N1CCC(c2cc3cccnc3[nH]2)CC1. The summed E-state index contributed by atoms with van der Waals surface area (Å²) >= 11 is 0. The number of sulfonamides is 1. The fourth-order valence-corrected chi connectivity index (χ4v) is 3.57. The van der Waals surface area contributed by atoms with Crippen molar-refractivity contribution >= 4 is 21.1 Å². The van der Waals surface area contributed by atoms with Gasteiger partial charge in [-0.1, -0.05) is 0 Å². The van der Waals surface area contributed by atoms with Gasteiger partial charge in [0.15, 0.2) is 0 Å². The van der Waals surface area contributed by atoms with Crippen LogP contribution in [0.25, 0.3) is 11.0 Å². The molecule has 0 bridgehead atoms. The van der Waals surface area contributed by atoms with Crippen molar-refractivity contribution in [1.29, 1.82) is 0 Å². The van der Waals surface area contributed by atoms with Gasteiger partial charge in [0.05, 0.1) is 6.26 Å². The summed E-state index contributed by atoms with van der Waals surface area (Å²) in [6, 6.07) is 6.09. The Balaban J connectivity index is 1.78. The lowest BCUT2D eigenvalue weighted by Crippen LogP contribution is -2.37. The fraction of sp³-hybridized carbons (Fsp3) is 0.462. The lowest BCUT2D eigenvalue weighted by molar-refractivity contribution is 0.319. The number of rotatable bonds is 2. The average molecular weight is 279 g/mol. The smallest absolute Gasteiger partial charge is 0.211 e. The molecule has 0 saturated carbocycles. The molecule has 0 spiro atoms. The molecule has 0 aliphatic carbocycles. The number of aromatic amines is 1. The number of nitrogens with zero attached hydrogens (tertiary/aromatic N) is 2. The van der Waals surface area contributed by atoms with Crippen LogP contribution < -0.4 is 0 Å². The molecule has 5 nitrogen and oxygen atoms in total. The van der Waals surface area contributed by atoms with Gasteiger partial charge in [-0.25, -0.2) is 17.7 Å². The van der Waals surface area contributed by atoms with Gasteiger partial charge in [0, 0.05) is 36.3 Å². The van der Waals surface area contributed by atoms with Crippen molar-refractivity contribution in [3.05, 3.63) is 30.1 Å². The third-order valence-electron chi connectivity index (χ3n) is 3.78. The van der Waals surface area contributed by atoms with Gasteiger partial charge < -0.3 is 4.98 Å². The Labute approximate surface area is 112 Å². The number of piperidine rings is 1. The Bertz CT molecular complexity index is 652. The zero-order chi connectivity index (χ0) is 13.5. The molecule has 1 fully saturated rings. The number of nitrogens with one attached hydrogen (secondary N) is 1. The maximum Gasteiger partial charge on any atom is 0.211 e. The van der Waals surface area contributed by atoms with E-state index in [1.807, 2.05) is 12.1 Å². The lowest BCUT2D eigenvalue weighted by Gasteiger charge is -2.29. The molecule has 6 heteroatoms. The van der Waals surface area contributed by atoms with Crippen LogP contribution >= 0.6 is 0 Å². The monoisotopic (exact) mass is 279 g/mol. The minimum absolute atomic E-state index is 0.396. The number of fused-ring (bicyclic) bond motifs is 1. The Morgan fingerprint density at radius 3 is 2.74 bits per heavy atom. The molecule has 1 aliphatic rings. The van der Waals surface area contributed by atoms with Crippen LogP contribution in [0.1, 0.15) is 24.5 Å². The second-order valence-corrected chi connectivity index (χ2v) is 7.08. The number of hydrogen-bond acceptors (Lipinski definition) is 3. The first-order valence-corrected chi connectivity index (χ1v) is 8.27. The van der Waals surface area contributed by atoms with Gasteiger partial charge in [0.25, 0.3) is 0 Å². The average Bonchev–Trinajstić information content (AvgIpc) is 2.81. The van der Waals surface area contributed by atoms with Crippen molar-refractivity contribution in [2.24, 2.45) is 0 Å². The molecule has 2 aromatic heterocycles. The van der Waals surface area contributed by atoms with Gasteiger partial charge >= 0.3 is 0 Å². The molecular weight excluding hydrogens is 262 g/mol. The molecule has 3 rings (SSSR count). The van der Waals surface area contributed by atoms with Gasteiger partial charge in [-0.2, -0.15) is 0 Å². The quantitative estimate of drug-likeness (QED) is 0.910. The molecule has 19 heavy (non-hydrogen) atoms. The van der Waals surface area contributed by atoms with Crippen molar-refractivity contribution in [2.75, 3.05) is 19.3 Å². The predicted octanol–water partition coefficient (Wildman–Crippen LogP) is 1.70. The summed E-state index contributed by atoms with van der Waals surface area (Å²) in [4.78, 5) is 7.63. The van der Waals surface area contributed by atoms with Crippen molar-refractivity contribution in [2.45, 2.75) is 18.8 Å². The maximum atomic E-state index is 11.5. The van der Waals surface area contributed by atoms with Crippen LogP contribution in [0.3, 0.4) is 0 Å². The second-order valence-electron chi connectivity index (χ2n) is 5.10. The summed E-state index contributed by atoms with van der Waals surface area (Å²) in [5, 5.41) is 1.11. The van der Waals surface area contributed by atoms with E-state index in [0.29, 0.717) is 19.0 Å². The number of pyridine rings is 1.